The number of nitrogens with zero attached hydrogens (tertiary/aromatic N) is 2. The van der Waals surface area contributed by atoms with Crippen LogP contribution in [0, 0.1) is 5.82 Å². The van der Waals surface area contributed by atoms with Crippen molar-refractivity contribution in [2.75, 3.05) is 25.1 Å². The van der Waals surface area contributed by atoms with Crippen LogP contribution in [-0.4, -0.2) is 58.0 Å². The summed E-state index contributed by atoms with van der Waals surface area (Å²) < 4.78 is 54.3. The van der Waals surface area contributed by atoms with Crippen LogP contribution in [0.1, 0.15) is 36.8 Å². The normalized spacial score (nSPS) is 13.8. The van der Waals surface area contributed by atoms with Gasteiger partial charge in [-0.15, -0.1) is 0 Å². The molecule has 50 heavy (non-hydrogen) atoms. The minimum absolute atomic E-state index is 0.0361. The molecule has 0 spiro atoms. The molecule has 4 aromatic rings. The van der Waals surface area contributed by atoms with Gasteiger partial charge in [-0.1, -0.05) is 72.4 Å². The van der Waals surface area contributed by atoms with E-state index < -0.39 is 34.3 Å². The number of amides is 2. The molecular formula is C37H38Cl2FN3O6S. The van der Waals surface area contributed by atoms with Gasteiger partial charge in [-0.25, -0.2) is 12.8 Å². The van der Waals surface area contributed by atoms with Crippen LogP contribution in [0.15, 0.2) is 95.9 Å². The van der Waals surface area contributed by atoms with E-state index in [1.807, 2.05) is 30.3 Å². The van der Waals surface area contributed by atoms with Crippen LogP contribution in [-0.2, 0) is 32.6 Å². The standard InChI is InChI=1S/C37H38Cl2FN3O6S/c1-48-34-19-18-31(22-35(34)49-2)50(46,47)43(30-16-14-28(40)15-17-30)24-36(44)42(23-26-12-13-27(38)21-32(26)39)33(20-25-8-4-3-5-9-25)37(45)41-29-10-6-7-11-29/h3-5,8-9,12-19,21-22,29,33H,6-7,10-11,20,23-24H2,1-2H3,(H,41,45)/t33-/m0/s1. The number of carbonyl (C=O) groups excluding carboxylic acids is 2. The van der Waals surface area contributed by atoms with Crippen LogP contribution in [0.3, 0.4) is 0 Å². The second-order valence-electron chi connectivity index (χ2n) is 12.0. The molecule has 2 amide bonds. The number of sulfonamides is 1. The van der Waals surface area contributed by atoms with E-state index in [-0.39, 0.29) is 46.3 Å². The highest BCUT2D eigenvalue weighted by Gasteiger charge is 2.36. The molecule has 1 fully saturated rings. The first-order chi connectivity index (χ1) is 24.0. The molecule has 264 valence electrons. The summed E-state index contributed by atoms with van der Waals surface area (Å²) in [6.07, 6.45) is 3.76. The molecule has 0 radical (unpaired) electrons. The SMILES string of the molecule is COc1ccc(S(=O)(=O)N(CC(=O)N(Cc2ccc(Cl)cc2Cl)[C@@H](Cc2ccccc2)C(=O)NC2CCCC2)c2ccc(F)cc2)cc1OC. The summed E-state index contributed by atoms with van der Waals surface area (Å²) in [6, 6.07) is 21.8. The molecule has 0 bridgehead atoms. The number of rotatable bonds is 14. The van der Waals surface area contributed by atoms with E-state index in [1.54, 1.807) is 12.1 Å². The van der Waals surface area contributed by atoms with E-state index in [0.717, 1.165) is 47.7 Å². The lowest BCUT2D eigenvalue weighted by Gasteiger charge is -2.34. The van der Waals surface area contributed by atoms with Gasteiger partial charge in [0.25, 0.3) is 10.0 Å². The monoisotopic (exact) mass is 741 g/mol. The number of nitrogens with one attached hydrogen (secondary N) is 1. The summed E-state index contributed by atoms with van der Waals surface area (Å²) >= 11 is 12.8. The molecule has 0 aromatic heterocycles. The largest absolute Gasteiger partial charge is 0.493 e. The maximum absolute atomic E-state index is 14.7. The second-order valence-corrected chi connectivity index (χ2v) is 14.7. The number of benzene rings is 4. The summed E-state index contributed by atoms with van der Waals surface area (Å²) in [7, 11) is -1.68. The van der Waals surface area contributed by atoms with Gasteiger partial charge in [0.15, 0.2) is 11.5 Å². The number of anilines is 1. The van der Waals surface area contributed by atoms with Gasteiger partial charge >= 0.3 is 0 Å². The molecule has 9 nitrogen and oxygen atoms in total. The van der Waals surface area contributed by atoms with Gasteiger partial charge in [0.05, 0.1) is 24.8 Å². The zero-order valence-corrected chi connectivity index (χ0v) is 30.0. The van der Waals surface area contributed by atoms with Gasteiger partial charge < -0.3 is 19.7 Å². The molecular weight excluding hydrogens is 704 g/mol. The molecule has 0 unspecified atom stereocenters. The Morgan fingerprint density at radius 2 is 1.58 bits per heavy atom. The minimum Gasteiger partial charge on any atom is -0.493 e. The molecule has 1 atom stereocenters. The first kappa shape index (κ1) is 36.9. The third-order valence-corrected chi connectivity index (χ3v) is 11.0. The quantitative estimate of drug-likeness (QED) is 0.149. The maximum atomic E-state index is 14.7. The van der Waals surface area contributed by atoms with Crippen molar-refractivity contribution < 1.29 is 31.9 Å². The Hall–Kier alpha value is -4.32. The first-order valence-electron chi connectivity index (χ1n) is 16.1. The number of hydrogen-bond acceptors (Lipinski definition) is 6. The Bertz CT molecular complexity index is 1910. The molecule has 1 aliphatic carbocycles. The lowest BCUT2D eigenvalue weighted by Crippen LogP contribution is -2.54. The van der Waals surface area contributed by atoms with Gasteiger partial charge in [-0.05, 0) is 72.5 Å². The number of hydrogen-bond donors (Lipinski definition) is 1. The van der Waals surface area contributed by atoms with Gasteiger partial charge in [-0.3, -0.25) is 13.9 Å². The average Bonchev–Trinajstić information content (AvgIpc) is 3.63. The third-order valence-electron chi connectivity index (χ3n) is 8.66. The molecule has 0 aliphatic heterocycles. The maximum Gasteiger partial charge on any atom is 0.264 e. The number of ether oxygens (including phenoxy) is 2. The van der Waals surface area contributed by atoms with E-state index in [4.69, 9.17) is 32.7 Å². The Morgan fingerprint density at radius 3 is 2.22 bits per heavy atom. The molecule has 1 aliphatic rings. The zero-order chi connectivity index (χ0) is 35.8. The van der Waals surface area contributed by atoms with Crippen molar-refractivity contribution in [2.45, 2.75) is 55.6 Å². The average molecular weight is 743 g/mol. The van der Waals surface area contributed by atoms with Crippen LogP contribution in [0.4, 0.5) is 10.1 Å². The fourth-order valence-corrected chi connectivity index (χ4v) is 7.89. The van der Waals surface area contributed by atoms with Crippen molar-refractivity contribution in [1.29, 1.82) is 0 Å². The summed E-state index contributed by atoms with van der Waals surface area (Å²) in [5.74, 6) is -1.18. The number of carbonyl (C=O) groups is 2. The van der Waals surface area contributed by atoms with Crippen molar-refractivity contribution in [3.8, 4) is 11.5 Å². The van der Waals surface area contributed by atoms with Crippen LogP contribution in [0.25, 0.3) is 0 Å². The van der Waals surface area contributed by atoms with Crippen LogP contribution in [0.5, 0.6) is 11.5 Å². The number of methoxy groups -OCH3 is 2. The fraction of sp³-hybridized carbons (Fsp3) is 0.297. The van der Waals surface area contributed by atoms with Gasteiger partial charge in [0.2, 0.25) is 11.8 Å². The van der Waals surface area contributed by atoms with Crippen molar-refractivity contribution in [3.05, 3.63) is 118 Å². The molecule has 4 aromatic carbocycles. The summed E-state index contributed by atoms with van der Waals surface area (Å²) in [4.78, 5) is 30.0. The molecule has 5 rings (SSSR count). The topological polar surface area (TPSA) is 105 Å². The predicted octanol–water partition coefficient (Wildman–Crippen LogP) is 7.04. The smallest absolute Gasteiger partial charge is 0.264 e. The molecule has 0 heterocycles. The Kier molecular flexibility index (Phi) is 12.3. The lowest BCUT2D eigenvalue weighted by atomic mass is 10.0. The molecule has 0 saturated heterocycles. The van der Waals surface area contributed by atoms with E-state index in [0.29, 0.717) is 16.3 Å². The van der Waals surface area contributed by atoms with E-state index in [1.165, 1.54) is 55.5 Å². The highest BCUT2D eigenvalue weighted by molar-refractivity contribution is 7.92. The highest BCUT2D eigenvalue weighted by atomic mass is 35.5. The number of halogens is 3. The van der Waals surface area contributed by atoms with E-state index in [2.05, 4.69) is 5.32 Å². The molecule has 13 heteroatoms. The van der Waals surface area contributed by atoms with E-state index in [9.17, 15) is 22.4 Å². The van der Waals surface area contributed by atoms with E-state index >= 15 is 0 Å². The summed E-state index contributed by atoms with van der Waals surface area (Å²) in [5, 5.41) is 3.79. The van der Waals surface area contributed by atoms with Crippen LogP contribution < -0.4 is 19.1 Å². The van der Waals surface area contributed by atoms with Crippen LogP contribution in [0.2, 0.25) is 10.0 Å². The summed E-state index contributed by atoms with van der Waals surface area (Å²) in [6.45, 7) is -0.854. The van der Waals surface area contributed by atoms with Crippen molar-refractivity contribution >= 4 is 50.7 Å². The van der Waals surface area contributed by atoms with Crippen molar-refractivity contribution in [2.24, 2.45) is 0 Å². The Balaban J connectivity index is 1.60. The zero-order valence-electron chi connectivity index (χ0n) is 27.7. The Morgan fingerprint density at radius 1 is 0.900 bits per heavy atom. The van der Waals surface area contributed by atoms with Crippen molar-refractivity contribution in [3.63, 3.8) is 0 Å². The lowest BCUT2D eigenvalue weighted by molar-refractivity contribution is -0.140. The van der Waals surface area contributed by atoms with Crippen LogP contribution >= 0.6 is 23.2 Å². The van der Waals surface area contributed by atoms with Crippen molar-refractivity contribution in [1.82, 2.24) is 10.2 Å². The van der Waals surface area contributed by atoms with Gasteiger partial charge in [0.1, 0.15) is 18.4 Å². The second kappa shape index (κ2) is 16.6. The molecule has 1 saturated carbocycles. The first-order valence-corrected chi connectivity index (χ1v) is 18.3. The summed E-state index contributed by atoms with van der Waals surface area (Å²) in [5.41, 5.74) is 1.34. The molecule has 1 N–H and O–H groups in total. The van der Waals surface area contributed by atoms with Gasteiger partial charge in [0, 0.05) is 35.1 Å². The minimum atomic E-state index is -4.48. The fourth-order valence-electron chi connectivity index (χ4n) is 6.00. The van der Waals surface area contributed by atoms with Gasteiger partial charge in [-0.2, -0.15) is 0 Å². The Labute approximate surface area is 301 Å². The third kappa shape index (κ3) is 8.88. The predicted molar refractivity (Wildman–Crippen MR) is 192 cm³/mol. The highest BCUT2D eigenvalue weighted by Crippen LogP contribution is 2.33.